The molecule has 1 unspecified atom stereocenters. The minimum Gasteiger partial charge on any atom is -0.353 e. The van der Waals surface area contributed by atoms with Crippen molar-refractivity contribution in [3.05, 3.63) is 35.9 Å². The quantitative estimate of drug-likeness (QED) is 0.871. The van der Waals surface area contributed by atoms with E-state index in [4.69, 9.17) is 0 Å². The molecule has 1 amide bonds. The maximum atomic E-state index is 12.1. The van der Waals surface area contributed by atoms with Crippen molar-refractivity contribution in [2.24, 2.45) is 0 Å². The predicted molar refractivity (Wildman–Crippen MR) is 95.2 cm³/mol. The van der Waals surface area contributed by atoms with E-state index in [0.29, 0.717) is 18.3 Å². The fourth-order valence-corrected chi connectivity index (χ4v) is 3.40. The molecular formula is C18H28N2OS. The first-order valence-corrected chi connectivity index (χ1v) is 9.14. The van der Waals surface area contributed by atoms with Gasteiger partial charge < -0.3 is 5.32 Å². The Morgan fingerprint density at radius 2 is 1.86 bits per heavy atom. The number of rotatable bonds is 6. The molecule has 1 saturated heterocycles. The molecule has 1 N–H and O–H groups in total. The number of thioether (sulfide) groups is 1. The van der Waals surface area contributed by atoms with Crippen molar-refractivity contribution in [3.8, 4) is 0 Å². The number of hydrogen-bond donors (Lipinski definition) is 1. The summed E-state index contributed by atoms with van der Waals surface area (Å²) in [6.07, 6.45) is 2.52. The average Bonchev–Trinajstić information content (AvgIpc) is 3.00. The van der Waals surface area contributed by atoms with Crippen LogP contribution in [0.25, 0.3) is 0 Å². The molecule has 1 aliphatic heterocycles. The van der Waals surface area contributed by atoms with Crippen molar-refractivity contribution >= 4 is 17.7 Å². The van der Waals surface area contributed by atoms with Crippen LogP contribution in [0.15, 0.2) is 30.3 Å². The SMILES string of the molecule is CC(C)(C)SCC(=O)NCC(c1ccccc1)N1CCCC1. The first-order chi connectivity index (χ1) is 10.5. The standard InChI is InChI=1S/C18H28N2OS/c1-18(2,3)22-14-17(21)19-13-16(20-11-7-8-12-20)15-9-5-4-6-10-15/h4-6,9-10,16H,7-8,11-14H2,1-3H3,(H,19,21). The lowest BCUT2D eigenvalue weighted by Crippen LogP contribution is -2.37. The van der Waals surface area contributed by atoms with Gasteiger partial charge in [-0.3, -0.25) is 9.69 Å². The highest BCUT2D eigenvalue weighted by molar-refractivity contribution is 8.01. The monoisotopic (exact) mass is 320 g/mol. The minimum absolute atomic E-state index is 0.130. The molecule has 1 fully saturated rings. The Labute approximate surface area is 138 Å². The molecule has 1 atom stereocenters. The maximum absolute atomic E-state index is 12.1. The summed E-state index contributed by atoms with van der Waals surface area (Å²) in [4.78, 5) is 14.6. The molecule has 0 radical (unpaired) electrons. The molecular weight excluding hydrogens is 292 g/mol. The molecule has 22 heavy (non-hydrogen) atoms. The van der Waals surface area contributed by atoms with Gasteiger partial charge in [0.1, 0.15) is 0 Å². The van der Waals surface area contributed by atoms with Gasteiger partial charge in [0.05, 0.1) is 11.8 Å². The normalized spacial score (nSPS) is 17.4. The van der Waals surface area contributed by atoms with Crippen molar-refractivity contribution in [1.82, 2.24) is 10.2 Å². The zero-order valence-corrected chi connectivity index (χ0v) is 14.8. The fourth-order valence-electron chi connectivity index (χ4n) is 2.73. The molecule has 0 bridgehead atoms. The summed E-state index contributed by atoms with van der Waals surface area (Å²) in [5, 5.41) is 3.13. The van der Waals surface area contributed by atoms with E-state index in [1.165, 1.54) is 18.4 Å². The first kappa shape index (κ1) is 17.4. The van der Waals surface area contributed by atoms with Gasteiger partial charge in [0.25, 0.3) is 0 Å². The van der Waals surface area contributed by atoms with Gasteiger partial charge >= 0.3 is 0 Å². The van der Waals surface area contributed by atoms with Crippen LogP contribution < -0.4 is 5.32 Å². The van der Waals surface area contributed by atoms with E-state index in [1.54, 1.807) is 11.8 Å². The Hall–Kier alpha value is -1.00. The highest BCUT2D eigenvalue weighted by Gasteiger charge is 2.24. The number of carbonyl (C=O) groups is 1. The highest BCUT2D eigenvalue weighted by atomic mass is 32.2. The van der Waals surface area contributed by atoms with Crippen LogP contribution >= 0.6 is 11.8 Å². The smallest absolute Gasteiger partial charge is 0.230 e. The largest absolute Gasteiger partial charge is 0.353 e. The second-order valence-electron chi connectivity index (χ2n) is 6.87. The van der Waals surface area contributed by atoms with E-state index >= 15 is 0 Å². The Bertz CT molecular complexity index is 464. The summed E-state index contributed by atoms with van der Waals surface area (Å²) in [6.45, 7) is 9.39. The highest BCUT2D eigenvalue weighted by Crippen LogP contribution is 2.25. The number of likely N-dealkylation sites (tertiary alicyclic amines) is 1. The third kappa shape index (κ3) is 5.65. The van der Waals surface area contributed by atoms with Crippen LogP contribution in [0.5, 0.6) is 0 Å². The lowest BCUT2D eigenvalue weighted by atomic mass is 10.1. The first-order valence-electron chi connectivity index (χ1n) is 8.15. The van der Waals surface area contributed by atoms with Gasteiger partial charge in [0, 0.05) is 11.3 Å². The van der Waals surface area contributed by atoms with Crippen molar-refractivity contribution in [2.45, 2.75) is 44.4 Å². The summed E-state index contributed by atoms with van der Waals surface area (Å²) in [7, 11) is 0. The molecule has 2 rings (SSSR count). The van der Waals surface area contributed by atoms with Crippen LogP contribution in [0.4, 0.5) is 0 Å². The van der Waals surface area contributed by atoms with E-state index in [2.05, 4.69) is 55.3 Å². The molecule has 1 aliphatic rings. The van der Waals surface area contributed by atoms with Crippen LogP contribution in [-0.2, 0) is 4.79 Å². The van der Waals surface area contributed by atoms with E-state index in [-0.39, 0.29) is 10.7 Å². The predicted octanol–water partition coefficient (Wildman–Crippen LogP) is 3.47. The molecule has 1 aromatic rings. The van der Waals surface area contributed by atoms with Gasteiger partial charge in [-0.1, -0.05) is 51.1 Å². The Morgan fingerprint density at radius 1 is 1.23 bits per heavy atom. The van der Waals surface area contributed by atoms with E-state index in [9.17, 15) is 4.79 Å². The summed E-state index contributed by atoms with van der Waals surface area (Å²) >= 11 is 1.70. The van der Waals surface area contributed by atoms with E-state index in [1.807, 2.05) is 6.07 Å². The van der Waals surface area contributed by atoms with Gasteiger partial charge in [-0.15, -0.1) is 11.8 Å². The van der Waals surface area contributed by atoms with E-state index in [0.717, 1.165) is 13.1 Å². The lowest BCUT2D eigenvalue weighted by Gasteiger charge is -2.28. The number of nitrogens with one attached hydrogen (secondary N) is 1. The van der Waals surface area contributed by atoms with Gasteiger partial charge in [-0.05, 0) is 31.5 Å². The summed E-state index contributed by atoms with van der Waals surface area (Å²) < 4.78 is 0.130. The van der Waals surface area contributed by atoms with Crippen molar-refractivity contribution in [2.75, 3.05) is 25.4 Å². The average molecular weight is 321 g/mol. The number of carbonyl (C=O) groups excluding carboxylic acids is 1. The third-order valence-electron chi connectivity index (χ3n) is 3.89. The summed E-state index contributed by atoms with van der Waals surface area (Å²) in [6, 6.07) is 10.8. The Kier molecular flexibility index (Phi) is 6.33. The molecule has 1 heterocycles. The molecule has 1 aromatic carbocycles. The molecule has 0 saturated carbocycles. The van der Waals surface area contributed by atoms with Gasteiger partial charge in [0.2, 0.25) is 5.91 Å². The van der Waals surface area contributed by atoms with Crippen molar-refractivity contribution in [1.29, 1.82) is 0 Å². The summed E-state index contributed by atoms with van der Waals surface area (Å²) in [5.41, 5.74) is 1.30. The number of benzene rings is 1. The number of hydrogen-bond acceptors (Lipinski definition) is 3. The summed E-state index contributed by atoms with van der Waals surface area (Å²) in [5.74, 6) is 0.672. The molecule has 3 nitrogen and oxygen atoms in total. The molecule has 0 aliphatic carbocycles. The zero-order valence-electron chi connectivity index (χ0n) is 14.0. The fraction of sp³-hybridized carbons (Fsp3) is 0.611. The van der Waals surface area contributed by atoms with Crippen molar-refractivity contribution in [3.63, 3.8) is 0 Å². The molecule has 4 heteroatoms. The third-order valence-corrected chi connectivity index (χ3v) is 5.17. The molecule has 0 aromatic heterocycles. The van der Waals surface area contributed by atoms with Crippen molar-refractivity contribution < 1.29 is 4.79 Å². The lowest BCUT2D eigenvalue weighted by molar-refractivity contribution is -0.118. The van der Waals surface area contributed by atoms with Gasteiger partial charge in [-0.25, -0.2) is 0 Å². The zero-order chi connectivity index (χ0) is 16.0. The second-order valence-corrected chi connectivity index (χ2v) is 8.68. The topological polar surface area (TPSA) is 32.3 Å². The minimum atomic E-state index is 0.130. The van der Waals surface area contributed by atoms with E-state index < -0.39 is 0 Å². The molecule has 0 spiro atoms. The van der Waals surface area contributed by atoms with Crippen LogP contribution in [0.3, 0.4) is 0 Å². The maximum Gasteiger partial charge on any atom is 0.230 e. The van der Waals surface area contributed by atoms with Crippen LogP contribution in [-0.4, -0.2) is 40.9 Å². The van der Waals surface area contributed by atoms with Gasteiger partial charge in [0.15, 0.2) is 0 Å². The number of nitrogens with zero attached hydrogens (tertiary/aromatic N) is 1. The number of amides is 1. The Morgan fingerprint density at radius 3 is 2.45 bits per heavy atom. The second kappa shape index (κ2) is 8.02. The van der Waals surface area contributed by atoms with Gasteiger partial charge in [-0.2, -0.15) is 0 Å². The van der Waals surface area contributed by atoms with Crippen LogP contribution in [0.1, 0.15) is 45.2 Å². The van der Waals surface area contributed by atoms with Crippen LogP contribution in [0, 0.1) is 0 Å². The molecule has 122 valence electrons. The Balaban J connectivity index is 1.91. The van der Waals surface area contributed by atoms with Crippen LogP contribution in [0.2, 0.25) is 0 Å².